The van der Waals surface area contributed by atoms with Gasteiger partial charge in [0.15, 0.2) is 0 Å². The van der Waals surface area contributed by atoms with E-state index in [0.717, 1.165) is 24.8 Å². The van der Waals surface area contributed by atoms with Crippen LogP contribution >= 0.6 is 0 Å². The van der Waals surface area contributed by atoms with Gasteiger partial charge in [0.1, 0.15) is 12.4 Å². The minimum Gasteiger partial charge on any atom is -0.491 e. The zero-order chi connectivity index (χ0) is 16.9. The molecule has 0 aromatic heterocycles. The van der Waals surface area contributed by atoms with E-state index in [2.05, 4.69) is 11.6 Å². The van der Waals surface area contributed by atoms with Crippen LogP contribution in [0.5, 0.6) is 5.75 Å². The third-order valence-corrected chi connectivity index (χ3v) is 5.91. The van der Waals surface area contributed by atoms with Gasteiger partial charge in [0.25, 0.3) is 0 Å². The molecule has 5 nitrogen and oxygen atoms in total. The summed E-state index contributed by atoms with van der Waals surface area (Å²) >= 11 is 0. The normalized spacial score (nSPS) is 22.0. The summed E-state index contributed by atoms with van der Waals surface area (Å²) in [6.45, 7) is 4.91. The van der Waals surface area contributed by atoms with Crippen molar-refractivity contribution in [2.45, 2.75) is 50.5 Å². The Kier molecular flexibility index (Phi) is 6.44. The van der Waals surface area contributed by atoms with E-state index in [-0.39, 0.29) is 6.04 Å². The third kappa shape index (κ3) is 4.93. The van der Waals surface area contributed by atoms with Crippen LogP contribution in [0.4, 0.5) is 0 Å². The number of hydrogen-bond acceptors (Lipinski definition) is 4. The van der Waals surface area contributed by atoms with Gasteiger partial charge >= 0.3 is 0 Å². The minimum atomic E-state index is -3.49. The predicted molar refractivity (Wildman–Crippen MR) is 90.3 cm³/mol. The lowest BCUT2D eigenvalue weighted by molar-refractivity contribution is 0.146. The first-order valence-corrected chi connectivity index (χ1v) is 9.67. The van der Waals surface area contributed by atoms with Crippen molar-refractivity contribution < 1.29 is 17.9 Å². The third-order valence-electron chi connectivity index (χ3n) is 4.42. The van der Waals surface area contributed by atoms with Crippen molar-refractivity contribution in [2.24, 2.45) is 5.92 Å². The summed E-state index contributed by atoms with van der Waals surface area (Å²) < 4.78 is 38.6. The smallest absolute Gasteiger partial charge is 0.240 e. The lowest BCUT2D eigenvalue weighted by Crippen LogP contribution is -2.40. The summed E-state index contributed by atoms with van der Waals surface area (Å²) in [5.74, 6) is 1.07. The molecule has 0 unspecified atom stereocenters. The van der Waals surface area contributed by atoms with Crippen LogP contribution in [0.2, 0.25) is 0 Å². The highest BCUT2D eigenvalue weighted by atomic mass is 32.2. The van der Waals surface area contributed by atoms with Crippen LogP contribution in [0.1, 0.15) is 38.2 Å². The van der Waals surface area contributed by atoms with Gasteiger partial charge in [0.2, 0.25) is 10.0 Å². The van der Waals surface area contributed by atoms with E-state index in [4.69, 9.17) is 9.47 Å². The highest BCUT2D eigenvalue weighted by Crippen LogP contribution is 2.26. The maximum absolute atomic E-state index is 12.6. The summed E-state index contributed by atoms with van der Waals surface area (Å²) in [5.41, 5.74) is 0.806. The van der Waals surface area contributed by atoms with E-state index in [1.807, 2.05) is 6.92 Å². The Hall–Kier alpha value is -1.11. The van der Waals surface area contributed by atoms with Crippen LogP contribution < -0.4 is 9.46 Å². The topological polar surface area (TPSA) is 64.6 Å². The summed E-state index contributed by atoms with van der Waals surface area (Å²) in [4.78, 5) is 0.298. The number of hydrogen-bond donors (Lipinski definition) is 1. The monoisotopic (exact) mass is 341 g/mol. The van der Waals surface area contributed by atoms with Gasteiger partial charge < -0.3 is 9.47 Å². The van der Waals surface area contributed by atoms with Gasteiger partial charge in [-0.1, -0.05) is 19.8 Å². The molecular formula is C17H27NO4S. The lowest BCUT2D eigenvalue weighted by atomic mass is 9.87. The molecule has 2 rings (SSSR count). The van der Waals surface area contributed by atoms with E-state index >= 15 is 0 Å². The van der Waals surface area contributed by atoms with Crippen molar-refractivity contribution in [2.75, 3.05) is 20.3 Å². The van der Waals surface area contributed by atoms with Gasteiger partial charge in [0, 0.05) is 13.2 Å². The molecular weight excluding hydrogens is 314 g/mol. The summed E-state index contributed by atoms with van der Waals surface area (Å²) in [5, 5.41) is 0. The number of sulfonamides is 1. The molecule has 1 aromatic carbocycles. The van der Waals surface area contributed by atoms with Gasteiger partial charge in [-0.2, -0.15) is 0 Å². The number of benzene rings is 1. The Labute approximate surface area is 139 Å². The second kappa shape index (κ2) is 8.13. The fourth-order valence-corrected chi connectivity index (χ4v) is 4.41. The first-order valence-electron chi connectivity index (χ1n) is 8.19. The number of nitrogens with one attached hydrogen (secondary N) is 1. The molecule has 0 amide bonds. The molecule has 1 aliphatic carbocycles. The molecule has 1 fully saturated rings. The summed E-state index contributed by atoms with van der Waals surface area (Å²) in [7, 11) is -1.87. The average molecular weight is 341 g/mol. The molecule has 1 aromatic rings. The van der Waals surface area contributed by atoms with Gasteiger partial charge in [-0.15, -0.1) is 0 Å². The zero-order valence-corrected chi connectivity index (χ0v) is 15.0. The molecule has 2 atom stereocenters. The second-order valence-electron chi connectivity index (χ2n) is 6.26. The molecule has 0 heterocycles. The molecule has 0 spiro atoms. The fourth-order valence-electron chi connectivity index (χ4n) is 2.94. The predicted octanol–water partition coefficient (Wildman–Crippen LogP) is 2.88. The molecule has 0 bridgehead atoms. The van der Waals surface area contributed by atoms with Gasteiger partial charge in [0.05, 0.1) is 11.5 Å². The first kappa shape index (κ1) is 18.2. The molecule has 0 saturated heterocycles. The quantitative estimate of drug-likeness (QED) is 0.775. The van der Waals surface area contributed by atoms with E-state index in [1.54, 1.807) is 25.3 Å². The molecule has 0 aliphatic heterocycles. The molecule has 6 heteroatoms. The van der Waals surface area contributed by atoms with E-state index in [9.17, 15) is 8.42 Å². The standard InChI is InChI=1S/C17H27NO4S/c1-13-6-4-5-7-16(13)18-23(19,20)15-8-9-17(14(2)12-15)22-11-10-21-3/h8-9,12-13,16,18H,4-7,10-11H2,1-3H3/t13-,16+/m0/s1. The van der Waals surface area contributed by atoms with Crippen LogP contribution in [0, 0.1) is 12.8 Å². The van der Waals surface area contributed by atoms with Crippen molar-refractivity contribution in [1.29, 1.82) is 0 Å². The number of methoxy groups -OCH3 is 1. The van der Waals surface area contributed by atoms with E-state index < -0.39 is 10.0 Å². The van der Waals surface area contributed by atoms with Crippen molar-refractivity contribution in [3.05, 3.63) is 23.8 Å². The Morgan fingerprint density at radius 1 is 1.22 bits per heavy atom. The van der Waals surface area contributed by atoms with E-state index in [0.29, 0.717) is 29.8 Å². The maximum atomic E-state index is 12.6. The van der Waals surface area contributed by atoms with E-state index in [1.165, 1.54) is 6.42 Å². The molecule has 130 valence electrons. The summed E-state index contributed by atoms with van der Waals surface area (Å²) in [6.07, 6.45) is 4.27. The van der Waals surface area contributed by atoms with Gasteiger partial charge in [-0.3, -0.25) is 0 Å². The second-order valence-corrected chi connectivity index (χ2v) is 7.97. The number of rotatable bonds is 7. The molecule has 1 aliphatic rings. The van der Waals surface area contributed by atoms with Crippen LogP contribution in [0.3, 0.4) is 0 Å². The highest BCUT2D eigenvalue weighted by molar-refractivity contribution is 7.89. The molecule has 1 N–H and O–H groups in total. The van der Waals surface area contributed by atoms with Crippen LogP contribution in [-0.2, 0) is 14.8 Å². The Bertz CT molecular complexity index is 615. The molecule has 1 saturated carbocycles. The first-order chi connectivity index (χ1) is 10.9. The SMILES string of the molecule is COCCOc1ccc(S(=O)(=O)N[C@@H]2CCCC[C@@H]2C)cc1C. The van der Waals surface area contributed by atoms with Crippen LogP contribution in [0.15, 0.2) is 23.1 Å². The zero-order valence-electron chi connectivity index (χ0n) is 14.2. The summed E-state index contributed by atoms with van der Waals surface area (Å²) in [6, 6.07) is 5.01. The van der Waals surface area contributed by atoms with Crippen LogP contribution in [-0.4, -0.2) is 34.8 Å². The van der Waals surface area contributed by atoms with Crippen molar-refractivity contribution in [1.82, 2.24) is 4.72 Å². The van der Waals surface area contributed by atoms with Crippen molar-refractivity contribution in [3.8, 4) is 5.75 Å². The maximum Gasteiger partial charge on any atom is 0.240 e. The van der Waals surface area contributed by atoms with Crippen LogP contribution in [0.25, 0.3) is 0 Å². The Balaban J connectivity index is 2.08. The fraction of sp³-hybridized carbons (Fsp3) is 0.647. The Morgan fingerprint density at radius 2 is 1.96 bits per heavy atom. The number of aryl methyl sites for hydroxylation is 1. The van der Waals surface area contributed by atoms with Gasteiger partial charge in [-0.25, -0.2) is 13.1 Å². The molecule has 23 heavy (non-hydrogen) atoms. The van der Waals surface area contributed by atoms with Gasteiger partial charge in [-0.05, 0) is 49.4 Å². The van der Waals surface area contributed by atoms with Crippen molar-refractivity contribution >= 4 is 10.0 Å². The average Bonchev–Trinajstić information content (AvgIpc) is 2.51. The van der Waals surface area contributed by atoms with Crippen molar-refractivity contribution in [3.63, 3.8) is 0 Å². The Morgan fingerprint density at radius 3 is 2.61 bits per heavy atom. The minimum absolute atomic E-state index is 0.0340. The number of ether oxygens (including phenoxy) is 2. The largest absolute Gasteiger partial charge is 0.491 e. The molecule has 0 radical (unpaired) electrons. The highest BCUT2D eigenvalue weighted by Gasteiger charge is 2.27. The lowest BCUT2D eigenvalue weighted by Gasteiger charge is -2.29.